The highest BCUT2D eigenvalue weighted by Crippen LogP contribution is 2.51. The number of hydrogen-bond donors (Lipinski definition) is 4. The van der Waals surface area contributed by atoms with E-state index < -0.39 is 17.5 Å². The van der Waals surface area contributed by atoms with E-state index in [9.17, 15) is 28.8 Å². The first kappa shape index (κ1) is 83.6. The lowest BCUT2D eigenvalue weighted by Gasteiger charge is -2.43. The van der Waals surface area contributed by atoms with E-state index in [1.165, 1.54) is 12.7 Å². The first-order valence-electron chi connectivity index (χ1n) is 43.7. The summed E-state index contributed by atoms with van der Waals surface area (Å²) in [6.45, 7) is 7.08. The Morgan fingerprint density at radius 2 is 0.952 bits per heavy atom. The van der Waals surface area contributed by atoms with E-state index in [0.717, 1.165) is 85.0 Å². The van der Waals surface area contributed by atoms with Gasteiger partial charge in [-0.1, -0.05) is 87.4 Å². The van der Waals surface area contributed by atoms with Gasteiger partial charge in [0.1, 0.15) is 46.6 Å². The van der Waals surface area contributed by atoms with Gasteiger partial charge in [-0.25, -0.2) is 30.0 Å². The normalized spacial score (nSPS) is 18.9. The lowest BCUT2D eigenvalue weighted by Crippen LogP contribution is -2.53. The van der Waals surface area contributed by atoms with Crippen molar-refractivity contribution in [1.82, 2.24) is 60.4 Å². The van der Waals surface area contributed by atoms with Crippen LogP contribution in [0, 0.1) is 29.1 Å². The molecule has 6 aromatic carbocycles. The second-order valence-electron chi connectivity index (χ2n) is 34.6. The number of methoxy groups -OCH3 is 4. The minimum Gasteiger partial charge on any atom is -0.493 e. The Labute approximate surface area is 729 Å². The Morgan fingerprint density at radius 3 is 1.43 bits per heavy atom. The van der Waals surface area contributed by atoms with Gasteiger partial charge in [0.25, 0.3) is 11.8 Å². The largest absolute Gasteiger partial charge is 0.493 e. The number of H-pyrrole nitrogens is 2. The van der Waals surface area contributed by atoms with Crippen LogP contribution in [-0.4, -0.2) is 202 Å². The predicted octanol–water partition coefficient (Wildman–Crippen LogP) is 13.5. The summed E-state index contributed by atoms with van der Waals surface area (Å²) in [6, 6.07) is 37.2. The van der Waals surface area contributed by atoms with Crippen molar-refractivity contribution >= 4 is 68.9 Å². The Hall–Kier alpha value is -13.3. The molecular formula is C96H104N14O16. The zero-order chi connectivity index (χ0) is 86.7. The van der Waals surface area contributed by atoms with Crippen molar-refractivity contribution in [3.63, 3.8) is 0 Å². The van der Waals surface area contributed by atoms with Crippen molar-refractivity contribution in [1.29, 1.82) is 0 Å². The number of carbonyl (C=O) groups excluding carboxylic acids is 6. The number of fused-ring (bicyclic) bond motifs is 5. The van der Waals surface area contributed by atoms with Gasteiger partial charge >= 0.3 is 0 Å². The fraction of sp³-hybridized carbons (Fsp3) is 0.417. The second kappa shape index (κ2) is 36.5. The molecule has 30 heteroatoms. The average Bonchev–Trinajstić information content (AvgIpc) is 1.55. The lowest BCUT2D eigenvalue weighted by molar-refractivity contribution is -0.146. The van der Waals surface area contributed by atoms with Gasteiger partial charge in [0.15, 0.2) is 46.0 Å². The molecule has 0 radical (unpaired) electrons. The fourth-order valence-electron chi connectivity index (χ4n) is 18.4. The molecule has 654 valence electrons. The molecular weight excluding hydrogens is 1610 g/mol. The van der Waals surface area contributed by atoms with Crippen LogP contribution in [0.25, 0.3) is 44.6 Å². The maximum Gasteiger partial charge on any atom is 0.255 e. The van der Waals surface area contributed by atoms with Gasteiger partial charge in [0, 0.05) is 92.9 Å². The van der Waals surface area contributed by atoms with Crippen LogP contribution < -0.4 is 58.0 Å². The molecule has 19 rings (SSSR count). The third-order valence-electron chi connectivity index (χ3n) is 25.6. The number of carbonyl (C=O) groups is 6. The van der Waals surface area contributed by atoms with Gasteiger partial charge in [0.05, 0.1) is 104 Å². The van der Waals surface area contributed by atoms with Crippen LogP contribution in [0.3, 0.4) is 0 Å². The van der Waals surface area contributed by atoms with Crippen LogP contribution in [0.4, 0.5) is 0 Å². The number of hydrogen-bond acceptors (Lipinski definition) is 22. The molecule has 0 unspecified atom stereocenters. The number of benzene rings is 6. The number of piperidine rings is 2. The quantitative estimate of drug-likeness (QED) is 0.0354. The van der Waals surface area contributed by atoms with Gasteiger partial charge < -0.3 is 77.8 Å². The van der Waals surface area contributed by atoms with Crippen LogP contribution in [0.1, 0.15) is 153 Å². The topological polar surface area (TPSA) is 340 Å². The Bertz CT molecular complexity index is 5810. The maximum absolute atomic E-state index is 14.3. The van der Waals surface area contributed by atoms with Gasteiger partial charge in [-0.15, -0.1) is 0 Å². The van der Waals surface area contributed by atoms with Gasteiger partial charge in [0.2, 0.25) is 37.2 Å². The number of nitrogens with zero attached hydrogens (tertiary/aromatic N) is 10. The SMILES string of the molecule is COc1ccc(C2=NN(C3CCN(C(=O)C[C@@H](Cc4ccccc4)NC(=O)c4c[nH]c5c(-c6c(OCC7CC7)ccc7c6OCO7)ncnc45)CC3)C(=O)C(C)(C)C2)cc1OC.COc1ccc(C2=NN(C3CCN(C(=O)C[C@@H](Cc4ccccc4)NC(=O)c4c[nH]c5c(-c6c(OCC7CC7)ccc7c6OCO7)ncnc45)CC3)C(=O)[C@@H]3CCCC[C@H]23)cc1OC. The monoisotopic (exact) mass is 1710 g/mol. The highest BCUT2D eigenvalue weighted by Gasteiger charge is 2.46. The summed E-state index contributed by atoms with van der Waals surface area (Å²) in [5.74, 6) is 6.10. The van der Waals surface area contributed by atoms with E-state index in [4.69, 9.17) is 57.6 Å². The molecule has 3 saturated carbocycles. The van der Waals surface area contributed by atoms with E-state index in [-0.39, 0.29) is 85.8 Å². The molecule has 4 N–H and O–H groups in total. The Kier molecular flexibility index (Phi) is 24.2. The molecule has 2 saturated heterocycles. The average molecular weight is 1710 g/mol. The summed E-state index contributed by atoms with van der Waals surface area (Å²) in [6.07, 6.45) is 18.4. The second-order valence-corrected chi connectivity index (χ2v) is 34.6. The van der Waals surface area contributed by atoms with E-state index >= 15 is 0 Å². The van der Waals surface area contributed by atoms with E-state index in [2.05, 4.69) is 40.5 Å². The summed E-state index contributed by atoms with van der Waals surface area (Å²) in [4.78, 5) is 113. The van der Waals surface area contributed by atoms with Gasteiger partial charge in [-0.2, -0.15) is 10.2 Å². The zero-order valence-corrected chi connectivity index (χ0v) is 71.7. The summed E-state index contributed by atoms with van der Waals surface area (Å²) in [5, 5.41) is 19.7. The molecule has 0 bridgehead atoms. The number of ether oxygens (including phenoxy) is 10. The van der Waals surface area contributed by atoms with Crippen LogP contribution >= 0.6 is 0 Å². The third kappa shape index (κ3) is 17.7. The van der Waals surface area contributed by atoms with Crippen LogP contribution in [0.2, 0.25) is 0 Å². The highest BCUT2D eigenvalue weighted by molar-refractivity contribution is 6.11. The fourth-order valence-corrected chi connectivity index (χ4v) is 18.4. The molecule has 4 atom stereocenters. The highest BCUT2D eigenvalue weighted by atomic mass is 16.7. The van der Waals surface area contributed by atoms with Crippen molar-refractivity contribution in [3.8, 4) is 80.0 Å². The molecule has 5 fully saturated rings. The van der Waals surface area contributed by atoms with Crippen LogP contribution in [0.15, 0.2) is 157 Å². The molecule has 10 heterocycles. The molecule has 4 aromatic heterocycles. The number of aromatic nitrogens is 6. The first-order valence-corrected chi connectivity index (χ1v) is 43.7. The minimum absolute atomic E-state index is 0.0378. The van der Waals surface area contributed by atoms with E-state index in [1.807, 2.05) is 145 Å². The van der Waals surface area contributed by atoms with Crippen molar-refractivity contribution in [3.05, 3.63) is 180 Å². The number of likely N-dealkylation sites (tertiary alicyclic amines) is 2. The van der Waals surface area contributed by atoms with Crippen molar-refractivity contribution in [2.75, 3.05) is 81.4 Å². The number of rotatable bonds is 28. The molecule has 6 amide bonds. The zero-order valence-electron chi connectivity index (χ0n) is 71.7. The lowest BCUT2D eigenvalue weighted by atomic mass is 9.73. The molecule has 0 spiro atoms. The van der Waals surface area contributed by atoms with E-state index in [0.29, 0.717) is 209 Å². The number of amides is 6. The number of nitrogens with one attached hydrogen (secondary N) is 4. The van der Waals surface area contributed by atoms with E-state index in [1.54, 1.807) is 50.9 Å². The van der Waals surface area contributed by atoms with Crippen molar-refractivity contribution < 1.29 is 76.1 Å². The molecule has 9 aliphatic rings. The Morgan fingerprint density at radius 1 is 0.500 bits per heavy atom. The first-order chi connectivity index (χ1) is 61.5. The van der Waals surface area contributed by atoms with Crippen molar-refractivity contribution in [2.24, 2.45) is 39.3 Å². The maximum atomic E-state index is 14.3. The summed E-state index contributed by atoms with van der Waals surface area (Å²) < 4.78 is 57.9. The summed E-state index contributed by atoms with van der Waals surface area (Å²) in [5.41, 5.74) is 9.75. The van der Waals surface area contributed by atoms with Gasteiger partial charge in [-0.05, 0) is 161 Å². The van der Waals surface area contributed by atoms with Crippen molar-refractivity contribution in [2.45, 2.75) is 147 Å². The minimum atomic E-state index is -0.670. The molecule has 126 heavy (non-hydrogen) atoms. The summed E-state index contributed by atoms with van der Waals surface area (Å²) >= 11 is 0. The molecule has 3 aliphatic carbocycles. The van der Waals surface area contributed by atoms with Gasteiger partial charge in [-0.3, -0.25) is 28.8 Å². The number of hydrazone groups is 2. The predicted molar refractivity (Wildman–Crippen MR) is 468 cm³/mol. The van der Waals surface area contributed by atoms with Crippen LogP contribution in [0.5, 0.6) is 57.5 Å². The Balaban J connectivity index is 0.000000171. The number of aromatic amines is 2. The molecule has 30 nitrogen and oxygen atoms in total. The summed E-state index contributed by atoms with van der Waals surface area (Å²) in [7, 11) is 6.42. The standard InChI is InChI=1S/C49H53N7O8.C47H51N7O8/c1-60-37-15-14-31(23-40(37)61-2)43-34-10-6-7-11-35(34)49(59)56(54-43)33-18-20-55(21-19-33)41(57)24-32(22-29-8-4-3-5-9-29)53-48(58)36-25-50-46-44(36)51-27-52-45(46)42-38(62-26-30-12-13-30)16-17-39-47(42)64-28-63-39;1-47(2)23-34(30-12-13-35(58-3)38(21-30)59-4)52-54(46(47)57)32-16-18-53(19-17-32)39(55)22-31(20-28-8-6-5-7-9-28)51-45(56)33-24-48-43-41(33)49-26-50-42(43)40-36(60-25-29-10-11-29)14-15-37-44(40)62-27-61-37/h3-5,8-9,14-17,23,25,27,30,32-35,50H,6-7,10-13,18-22,24,26,28H2,1-2H3,(H,53,58);5-9,12-15,21,24,26,29,31-32,48H,10-11,16-20,22-23,25,27H2,1-4H3,(H,51,56)/t32-,34+,35-;31-/m11/s1. The molecule has 10 aromatic rings. The van der Waals surface area contributed by atoms with Crippen LogP contribution in [-0.2, 0) is 32.0 Å². The smallest absolute Gasteiger partial charge is 0.255 e. The third-order valence-corrected chi connectivity index (χ3v) is 25.6. The molecule has 6 aliphatic heterocycles.